The quantitative estimate of drug-likeness (QED) is 0.756. The van der Waals surface area contributed by atoms with E-state index in [4.69, 9.17) is 10.5 Å². The summed E-state index contributed by atoms with van der Waals surface area (Å²) in [7, 11) is 3.35. The van der Waals surface area contributed by atoms with E-state index in [1.54, 1.807) is 33.2 Å². The van der Waals surface area contributed by atoms with Crippen molar-refractivity contribution in [1.29, 1.82) is 0 Å². The van der Waals surface area contributed by atoms with Gasteiger partial charge in [-0.15, -0.1) is 12.4 Å². The summed E-state index contributed by atoms with van der Waals surface area (Å²) in [6.07, 6.45) is 0. The van der Waals surface area contributed by atoms with Gasteiger partial charge in [-0.25, -0.2) is 0 Å². The summed E-state index contributed by atoms with van der Waals surface area (Å²) in [6, 6.07) is 16.5. The SMILES string of the molecule is CN(C)C(=O)COc1cccc(CNC(=O)C(C)(N)c2ccccc2)c1.Cl. The number of rotatable bonds is 7. The minimum atomic E-state index is -1.12. The number of nitrogens with one attached hydrogen (secondary N) is 1. The molecule has 0 saturated heterocycles. The second-order valence-corrected chi connectivity index (χ2v) is 6.48. The first-order chi connectivity index (χ1) is 12.3. The molecular weight excluding hydrogens is 366 g/mol. The van der Waals surface area contributed by atoms with Gasteiger partial charge in [0.05, 0.1) is 0 Å². The molecule has 2 rings (SSSR count). The first kappa shape index (κ1) is 22.5. The molecule has 0 aliphatic rings. The Morgan fingerprint density at radius 3 is 2.41 bits per heavy atom. The van der Waals surface area contributed by atoms with Gasteiger partial charge in [-0.2, -0.15) is 0 Å². The number of likely N-dealkylation sites (N-methyl/N-ethyl adjacent to an activating group) is 1. The molecule has 0 radical (unpaired) electrons. The highest BCUT2D eigenvalue weighted by Gasteiger charge is 2.29. The van der Waals surface area contributed by atoms with E-state index in [9.17, 15) is 9.59 Å². The summed E-state index contributed by atoms with van der Waals surface area (Å²) < 4.78 is 5.48. The van der Waals surface area contributed by atoms with Gasteiger partial charge in [0.2, 0.25) is 5.91 Å². The molecule has 2 aromatic carbocycles. The maximum absolute atomic E-state index is 12.5. The Labute approximate surface area is 166 Å². The van der Waals surface area contributed by atoms with E-state index in [2.05, 4.69) is 5.32 Å². The zero-order valence-corrected chi connectivity index (χ0v) is 16.6. The van der Waals surface area contributed by atoms with Gasteiger partial charge in [0.25, 0.3) is 5.91 Å². The van der Waals surface area contributed by atoms with Crippen molar-refractivity contribution in [3.05, 3.63) is 65.7 Å². The summed E-state index contributed by atoms with van der Waals surface area (Å²) in [6.45, 7) is 1.97. The first-order valence-electron chi connectivity index (χ1n) is 8.35. The zero-order chi connectivity index (χ0) is 19.2. The van der Waals surface area contributed by atoms with E-state index < -0.39 is 5.54 Å². The summed E-state index contributed by atoms with van der Waals surface area (Å²) >= 11 is 0. The fourth-order valence-electron chi connectivity index (χ4n) is 2.30. The Morgan fingerprint density at radius 1 is 1.11 bits per heavy atom. The normalized spacial score (nSPS) is 12.3. The minimum Gasteiger partial charge on any atom is -0.484 e. The Morgan fingerprint density at radius 2 is 1.78 bits per heavy atom. The van der Waals surface area contributed by atoms with E-state index in [1.165, 1.54) is 4.90 Å². The predicted octanol–water partition coefficient (Wildman–Crippen LogP) is 2.07. The lowest BCUT2D eigenvalue weighted by molar-refractivity contribution is -0.130. The third-order valence-corrected chi connectivity index (χ3v) is 4.06. The topological polar surface area (TPSA) is 84.7 Å². The second kappa shape index (κ2) is 9.94. The van der Waals surface area contributed by atoms with E-state index in [-0.39, 0.29) is 30.8 Å². The molecule has 7 heteroatoms. The minimum absolute atomic E-state index is 0. The molecule has 0 aliphatic carbocycles. The Kier molecular flexibility index (Phi) is 8.28. The maximum atomic E-state index is 12.5. The lowest BCUT2D eigenvalue weighted by Gasteiger charge is -2.24. The molecule has 0 saturated carbocycles. The van der Waals surface area contributed by atoms with Crippen LogP contribution >= 0.6 is 12.4 Å². The molecule has 0 spiro atoms. The van der Waals surface area contributed by atoms with E-state index >= 15 is 0 Å². The molecular formula is C20H26ClN3O3. The predicted molar refractivity (Wildman–Crippen MR) is 108 cm³/mol. The van der Waals surface area contributed by atoms with Crippen LogP contribution in [0.2, 0.25) is 0 Å². The van der Waals surface area contributed by atoms with Crippen molar-refractivity contribution in [3.8, 4) is 5.75 Å². The Bertz CT molecular complexity index is 764. The van der Waals surface area contributed by atoms with Gasteiger partial charge in [-0.1, -0.05) is 42.5 Å². The number of nitrogens with two attached hydrogens (primary N) is 1. The average Bonchev–Trinajstić information content (AvgIpc) is 2.65. The smallest absolute Gasteiger partial charge is 0.259 e. The monoisotopic (exact) mass is 391 g/mol. The molecule has 0 aromatic heterocycles. The first-order valence-corrected chi connectivity index (χ1v) is 8.35. The van der Waals surface area contributed by atoms with Crippen LogP contribution in [0, 0.1) is 0 Å². The number of nitrogens with zero attached hydrogens (tertiary/aromatic N) is 1. The molecule has 0 fully saturated rings. The van der Waals surface area contributed by atoms with Crippen molar-refractivity contribution in [2.45, 2.75) is 19.0 Å². The van der Waals surface area contributed by atoms with E-state index in [1.807, 2.05) is 42.5 Å². The van der Waals surface area contributed by atoms with Gasteiger partial charge in [-0.3, -0.25) is 9.59 Å². The number of halogens is 1. The summed E-state index contributed by atoms with van der Waals surface area (Å²) in [5, 5.41) is 2.85. The molecule has 2 aromatic rings. The molecule has 1 atom stereocenters. The van der Waals surface area contributed by atoms with E-state index in [0.717, 1.165) is 11.1 Å². The summed E-state index contributed by atoms with van der Waals surface area (Å²) in [4.78, 5) is 25.6. The van der Waals surface area contributed by atoms with Crippen LogP contribution in [0.1, 0.15) is 18.1 Å². The van der Waals surface area contributed by atoms with E-state index in [0.29, 0.717) is 12.3 Å². The van der Waals surface area contributed by atoms with Crippen molar-refractivity contribution in [2.75, 3.05) is 20.7 Å². The van der Waals surface area contributed by atoms with Crippen LogP contribution in [0.5, 0.6) is 5.75 Å². The number of benzene rings is 2. The summed E-state index contributed by atoms with van der Waals surface area (Å²) in [5.41, 5.74) is 6.69. The van der Waals surface area contributed by atoms with Crippen LogP contribution in [0.15, 0.2) is 54.6 Å². The van der Waals surface area contributed by atoms with Gasteiger partial charge >= 0.3 is 0 Å². The van der Waals surface area contributed by atoms with Crippen LogP contribution in [0.25, 0.3) is 0 Å². The lowest BCUT2D eigenvalue weighted by Crippen LogP contribution is -2.48. The highest BCUT2D eigenvalue weighted by Crippen LogP contribution is 2.18. The van der Waals surface area contributed by atoms with Crippen molar-refractivity contribution >= 4 is 24.2 Å². The van der Waals surface area contributed by atoms with Gasteiger partial charge in [0.15, 0.2) is 6.61 Å². The third kappa shape index (κ3) is 6.27. The molecule has 146 valence electrons. The standard InChI is InChI=1S/C20H25N3O3.ClH/c1-20(21,16-9-5-4-6-10-16)19(25)22-13-15-8-7-11-17(12-15)26-14-18(24)23(2)3;/h4-12H,13-14,21H2,1-3H3,(H,22,25);1H. The van der Waals surface area contributed by atoms with Gasteiger partial charge < -0.3 is 20.7 Å². The van der Waals surface area contributed by atoms with Crippen molar-refractivity contribution in [2.24, 2.45) is 5.73 Å². The summed E-state index contributed by atoms with van der Waals surface area (Å²) in [5.74, 6) is 0.189. The molecule has 3 N–H and O–H groups in total. The average molecular weight is 392 g/mol. The molecule has 6 nitrogen and oxygen atoms in total. The van der Waals surface area contributed by atoms with Gasteiger partial charge in [0, 0.05) is 20.6 Å². The van der Waals surface area contributed by atoms with Gasteiger partial charge in [0.1, 0.15) is 11.3 Å². The number of ether oxygens (including phenoxy) is 1. The van der Waals surface area contributed by atoms with Crippen LogP contribution in [0.3, 0.4) is 0 Å². The molecule has 1 unspecified atom stereocenters. The fourth-order valence-corrected chi connectivity index (χ4v) is 2.30. The number of carbonyl (C=O) groups excluding carboxylic acids is 2. The molecule has 27 heavy (non-hydrogen) atoms. The Balaban J connectivity index is 0.00000364. The van der Waals surface area contributed by atoms with Crippen LogP contribution in [-0.2, 0) is 21.7 Å². The second-order valence-electron chi connectivity index (χ2n) is 6.48. The van der Waals surface area contributed by atoms with Crippen molar-refractivity contribution < 1.29 is 14.3 Å². The largest absolute Gasteiger partial charge is 0.484 e. The Hall–Kier alpha value is -2.57. The molecule has 2 amide bonds. The molecule has 0 heterocycles. The number of hydrogen-bond donors (Lipinski definition) is 2. The highest BCUT2D eigenvalue weighted by molar-refractivity contribution is 5.87. The van der Waals surface area contributed by atoms with Crippen LogP contribution in [-0.4, -0.2) is 37.4 Å². The number of amides is 2. The molecule has 0 bridgehead atoms. The maximum Gasteiger partial charge on any atom is 0.259 e. The zero-order valence-electron chi connectivity index (χ0n) is 15.8. The number of carbonyl (C=O) groups is 2. The lowest BCUT2D eigenvalue weighted by atomic mass is 9.92. The van der Waals surface area contributed by atoms with Crippen molar-refractivity contribution in [1.82, 2.24) is 10.2 Å². The fraction of sp³-hybridized carbons (Fsp3) is 0.300. The van der Waals surface area contributed by atoms with Crippen molar-refractivity contribution in [3.63, 3.8) is 0 Å². The third-order valence-electron chi connectivity index (χ3n) is 4.06. The van der Waals surface area contributed by atoms with Crippen LogP contribution < -0.4 is 15.8 Å². The highest BCUT2D eigenvalue weighted by atomic mass is 35.5. The molecule has 0 aliphatic heterocycles. The number of hydrogen-bond acceptors (Lipinski definition) is 4. The van der Waals surface area contributed by atoms with Crippen LogP contribution in [0.4, 0.5) is 0 Å². The van der Waals surface area contributed by atoms with Gasteiger partial charge in [-0.05, 0) is 30.2 Å².